The minimum atomic E-state index is -0.429. The lowest BCUT2D eigenvalue weighted by Gasteiger charge is -2.31. The molecule has 0 spiro atoms. The van der Waals surface area contributed by atoms with Gasteiger partial charge in [0.15, 0.2) is 0 Å². The second-order valence-corrected chi connectivity index (χ2v) is 6.46. The van der Waals surface area contributed by atoms with Gasteiger partial charge in [0.05, 0.1) is 19.1 Å². The van der Waals surface area contributed by atoms with Crippen LogP contribution in [0, 0.1) is 0 Å². The molecule has 0 saturated carbocycles. The van der Waals surface area contributed by atoms with Gasteiger partial charge in [-0.1, -0.05) is 30.3 Å². The first-order valence-corrected chi connectivity index (χ1v) is 8.83. The molecule has 0 aliphatic carbocycles. The fraction of sp³-hybridized carbons (Fsp3) is 0.500. The molecular formula is C16H20N2O4S. The summed E-state index contributed by atoms with van der Waals surface area (Å²) in [7, 11) is 0. The largest absolute Gasteiger partial charge is 0.445 e. The number of hydrogen-bond donors (Lipinski definition) is 0. The maximum absolute atomic E-state index is 12.6. The number of carbonyl (C=O) groups is 2. The topological polar surface area (TPSA) is 59.1 Å². The molecule has 2 aliphatic heterocycles. The zero-order valence-electron chi connectivity index (χ0n) is 12.8. The van der Waals surface area contributed by atoms with Crippen LogP contribution in [-0.2, 0) is 20.9 Å². The van der Waals surface area contributed by atoms with Gasteiger partial charge in [0.1, 0.15) is 12.6 Å². The molecule has 124 valence electrons. The van der Waals surface area contributed by atoms with Crippen LogP contribution in [0.4, 0.5) is 4.79 Å². The normalized spacial score (nSPS) is 21.3. The van der Waals surface area contributed by atoms with E-state index in [4.69, 9.17) is 9.47 Å². The second-order valence-electron chi connectivity index (χ2n) is 5.46. The van der Waals surface area contributed by atoms with Crippen LogP contribution in [0.5, 0.6) is 0 Å². The van der Waals surface area contributed by atoms with Crippen molar-refractivity contribution in [3.8, 4) is 0 Å². The first-order chi connectivity index (χ1) is 11.3. The Morgan fingerprint density at radius 2 is 1.96 bits per heavy atom. The van der Waals surface area contributed by atoms with Gasteiger partial charge in [-0.3, -0.25) is 9.69 Å². The van der Waals surface area contributed by atoms with E-state index in [-0.39, 0.29) is 12.5 Å². The van der Waals surface area contributed by atoms with E-state index in [1.54, 1.807) is 16.7 Å². The average molecular weight is 336 g/mol. The van der Waals surface area contributed by atoms with Crippen molar-refractivity contribution in [1.29, 1.82) is 0 Å². The molecule has 0 radical (unpaired) electrons. The third-order valence-electron chi connectivity index (χ3n) is 3.93. The standard InChI is InChI=1S/C16H20N2O4S/c19-15(17-6-8-21-9-7-17)14-11-23-12-18(14)16(20)22-10-13-4-2-1-3-5-13/h1-5,14H,6-12H2. The maximum atomic E-state index is 12.6. The van der Waals surface area contributed by atoms with Gasteiger partial charge in [-0.25, -0.2) is 4.79 Å². The van der Waals surface area contributed by atoms with Crippen LogP contribution in [0.25, 0.3) is 0 Å². The van der Waals surface area contributed by atoms with Gasteiger partial charge >= 0.3 is 6.09 Å². The van der Waals surface area contributed by atoms with Crippen LogP contribution in [0.15, 0.2) is 30.3 Å². The Morgan fingerprint density at radius 1 is 1.22 bits per heavy atom. The number of ether oxygens (including phenoxy) is 2. The number of carbonyl (C=O) groups excluding carboxylic acids is 2. The summed E-state index contributed by atoms with van der Waals surface area (Å²) in [6, 6.07) is 9.10. The summed E-state index contributed by atoms with van der Waals surface area (Å²) in [5, 5.41) is 0. The maximum Gasteiger partial charge on any atom is 0.411 e. The summed E-state index contributed by atoms with van der Waals surface area (Å²) in [6.07, 6.45) is -0.425. The molecule has 23 heavy (non-hydrogen) atoms. The van der Waals surface area contributed by atoms with Crippen molar-refractivity contribution < 1.29 is 19.1 Å². The van der Waals surface area contributed by atoms with Gasteiger partial charge in [-0.05, 0) is 5.56 Å². The SMILES string of the molecule is O=C(C1CSCN1C(=O)OCc1ccccc1)N1CCOCC1. The van der Waals surface area contributed by atoms with Crippen molar-refractivity contribution in [1.82, 2.24) is 9.80 Å². The van der Waals surface area contributed by atoms with E-state index in [1.165, 1.54) is 4.90 Å². The lowest BCUT2D eigenvalue weighted by molar-refractivity contribution is -0.139. The van der Waals surface area contributed by atoms with Crippen LogP contribution >= 0.6 is 11.8 Å². The summed E-state index contributed by atoms with van der Waals surface area (Å²) in [4.78, 5) is 28.2. The summed E-state index contributed by atoms with van der Waals surface area (Å²) in [6.45, 7) is 2.52. The summed E-state index contributed by atoms with van der Waals surface area (Å²) in [5.74, 6) is 1.11. The van der Waals surface area contributed by atoms with Crippen LogP contribution in [0.2, 0.25) is 0 Å². The van der Waals surface area contributed by atoms with E-state index in [2.05, 4.69) is 0 Å². The molecule has 0 aromatic heterocycles. The van der Waals surface area contributed by atoms with Gasteiger partial charge < -0.3 is 14.4 Å². The third kappa shape index (κ3) is 3.97. The van der Waals surface area contributed by atoms with Crippen molar-refractivity contribution >= 4 is 23.8 Å². The first-order valence-electron chi connectivity index (χ1n) is 7.67. The fourth-order valence-corrected chi connectivity index (χ4v) is 3.76. The molecule has 0 N–H and O–H groups in total. The van der Waals surface area contributed by atoms with E-state index >= 15 is 0 Å². The van der Waals surface area contributed by atoms with E-state index < -0.39 is 12.1 Å². The van der Waals surface area contributed by atoms with Gasteiger partial charge in [0, 0.05) is 18.8 Å². The monoisotopic (exact) mass is 336 g/mol. The molecular weight excluding hydrogens is 316 g/mol. The van der Waals surface area contributed by atoms with Crippen molar-refractivity contribution in [2.75, 3.05) is 37.9 Å². The van der Waals surface area contributed by atoms with Crippen LogP contribution in [0.1, 0.15) is 5.56 Å². The average Bonchev–Trinajstić information content (AvgIpc) is 3.10. The van der Waals surface area contributed by atoms with Crippen molar-refractivity contribution in [3.05, 3.63) is 35.9 Å². The predicted molar refractivity (Wildman–Crippen MR) is 87.0 cm³/mol. The number of nitrogens with zero attached hydrogens (tertiary/aromatic N) is 2. The highest BCUT2D eigenvalue weighted by molar-refractivity contribution is 7.99. The molecule has 6 nitrogen and oxygen atoms in total. The van der Waals surface area contributed by atoms with Crippen LogP contribution in [0.3, 0.4) is 0 Å². The predicted octanol–water partition coefficient (Wildman–Crippen LogP) is 1.56. The Labute approximate surface area is 139 Å². The zero-order chi connectivity index (χ0) is 16.1. The molecule has 1 aromatic carbocycles. The van der Waals surface area contributed by atoms with Gasteiger partial charge in [0.25, 0.3) is 0 Å². The van der Waals surface area contributed by atoms with Crippen LogP contribution in [-0.4, -0.2) is 65.8 Å². The number of amides is 2. The van der Waals surface area contributed by atoms with Gasteiger partial charge in [-0.15, -0.1) is 11.8 Å². The van der Waals surface area contributed by atoms with Gasteiger partial charge in [-0.2, -0.15) is 0 Å². The molecule has 7 heteroatoms. The van der Waals surface area contributed by atoms with Crippen LogP contribution < -0.4 is 0 Å². The van der Waals surface area contributed by atoms with E-state index in [0.29, 0.717) is 37.9 Å². The Bertz CT molecular complexity index is 548. The van der Waals surface area contributed by atoms with Crippen molar-refractivity contribution in [2.45, 2.75) is 12.6 Å². The Kier molecular flexibility index (Phi) is 5.40. The molecule has 2 saturated heterocycles. The molecule has 1 aromatic rings. The quantitative estimate of drug-likeness (QED) is 0.838. The number of rotatable bonds is 3. The second kappa shape index (κ2) is 7.70. The smallest absolute Gasteiger partial charge is 0.411 e. The van der Waals surface area contributed by atoms with Crippen molar-refractivity contribution in [3.63, 3.8) is 0 Å². The Morgan fingerprint density at radius 3 is 2.70 bits per heavy atom. The fourth-order valence-electron chi connectivity index (χ4n) is 2.62. The highest BCUT2D eigenvalue weighted by atomic mass is 32.2. The minimum Gasteiger partial charge on any atom is -0.445 e. The summed E-state index contributed by atoms with van der Waals surface area (Å²) in [5.41, 5.74) is 0.934. The highest BCUT2D eigenvalue weighted by Gasteiger charge is 2.38. The molecule has 1 atom stereocenters. The Hall–Kier alpha value is -1.73. The number of benzene rings is 1. The van der Waals surface area contributed by atoms with E-state index in [0.717, 1.165) is 5.56 Å². The molecule has 3 rings (SSSR count). The summed E-state index contributed by atoms with van der Waals surface area (Å²) >= 11 is 1.58. The molecule has 1 unspecified atom stereocenters. The third-order valence-corrected chi connectivity index (χ3v) is 4.94. The van der Waals surface area contributed by atoms with Gasteiger partial charge in [0.2, 0.25) is 5.91 Å². The molecule has 0 bridgehead atoms. The number of hydrogen-bond acceptors (Lipinski definition) is 5. The molecule has 2 heterocycles. The lowest BCUT2D eigenvalue weighted by Crippen LogP contribution is -2.52. The van der Waals surface area contributed by atoms with Crippen molar-refractivity contribution in [2.24, 2.45) is 0 Å². The summed E-state index contributed by atoms with van der Waals surface area (Å²) < 4.78 is 10.6. The highest BCUT2D eigenvalue weighted by Crippen LogP contribution is 2.24. The van der Waals surface area contributed by atoms with E-state index in [9.17, 15) is 9.59 Å². The number of thioether (sulfide) groups is 1. The first kappa shape index (κ1) is 16.1. The van der Waals surface area contributed by atoms with E-state index in [1.807, 2.05) is 30.3 Å². The lowest BCUT2D eigenvalue weighted by atomic mass is 10.2. The molecule has 2 amide bonds. The zero-order valence-corrected chi connectivity index (χ0v) is 13.7. The number of morpholine rings is 1. The molecule has 2 aliphatic rings. The minimum absolute atomic E-state index is 0.00467. The molecule has 2 fully saturated rings. The Balaban J connectivity index is 1.57.